The summed E-state index contributed by atoms with van der Waals surface area (Å²) in [4.78, 5) is 16.9. The number of halogens is 3. The summed E-state index contributed by atoms with van der Waals surface area (Å²) >= 11 is 5.80. The van der Waals surface area contributed by atoms with Crippen LogP contribution in [-0.2, 0) is 17.9 Å². The third-order valence-electron chi connectivity index (χ3n) is 4.72. The van der Waals surface area contributed by atoms with Gasteiger partial charge in [-0.2, -0.15) is 10.2 Å². The number of aryl methyl sites for hydroxylation is 1. The van der Waals surface area contributed by atoms with Crippen LogP contribution in [-0.4, -0.2) is 37.0 Å². The molecular weight excluding hydrogens is 390 g/mol. The summed E-state index contributed by atoms with van der Waals surface area (Å²) in [6.07, 6.45) is 2.46. The number of amides is 1. The van der Waals surface area contributed by atoms with Crippen LogP contribution in [0.2, 0.25) is 5.02 Å². The van der Waals surface area contributed by atoms with E-state index >= 15 is 0 Å². The molecule has 1 N–H and O–H groups in total. The summed E-state index contributed by atoms with van der Waals surface area (Å²) in [5.41, 5.74) is 1.37. The molecule has 1 saturated carbocycles. The van der Waals surface area contributed by atoms with E-state index in [1.165, 1.54) is 16.9 Å². The summed E-state index contributed by atoms with van der Waals surface area (Å²) in [7, 11) is 0. The minimum absolute atomic E-state index is 0.0633. The van der Waals surface area contributed by atoms with Crippen LogP contribution in [0.5, 0.6) is 0 Å². The Morgan fingerprint density at radius 3 is 2.86 bits per heavy atom. The lowest BCUT2D eigenvalue weighted by Crippen LogP contribution is -2.31. The van der Waals surface area contributed by atoms with Gasteiger partial charge in [-0.25, -0.2) is 18.4 Å². The summed E-state index contributed by atoms with van der Waals surface area (Å²) in [5.74, 6) is -0.0554. The first-order valence-corrected chi connectivity index (χ1v) is 9.41. The van der Waals surface area contributed by atoms with Gasteiger partial charge in [0.2, 0.25) is 5.91 Å². The van der Waals surface area contributed by atoms with Gasteiger partial charge in [-0.1, -0.05) is 11.6 Å². The number of rotatable bonds is 7. The highest BCUT2D eigenvalue weighted by Gasteiger charge is 2.29. The van der Waals surface area contributed by atoms with E-state index in [0.717, 1.165) is 12.8 Å². The van der Waals surface area contributed by atoms with Gasteiger partial charge in [0.05, 0.1) is 28.8 Å². The van der Waals surface area contributed by atoms with Crippen molar-refractivity contribution in [2.24, 2.45) is 0 Å². The van der Waals surface area contributed by atoms with Crippen LogP contribution in [0, 0.1) is 6.92 Å². The van der Waals surface area contributed by atoms with Gasteiger partial charge >= 0.3 is 0 Å². The molecule has 4 rings (SSSR count). The number of hydrogen-bond acceptors (Lipinski definition) is 4. The van der Waals surface area contributed by atoms with E-state index < -0.39 is 6.43 Å². The number of alkyl halides is 2. The van der Waals surface area contributed by atoms with Crippen molar-refractivity contribution in [2.45, 2.75) is 45.2 Å². The average molecular weight is 409 g/mol. The fourth-order valence-electron chi connectivity index (χ4n) is 3.24. The first-order chi connectivity index (χ1) is 13.4. The minimum atomic E-state index is -2.62. The van der Waals surface area contributed by atoms with E-state index in [9.17, 15) is 13.6 Å². The number of carbonyl (C=O) groups is 1. The van der Waals surface area contributed by atoms with Crippen LogP contribution >= 0.6 is 11.6 Å². The molecule has 0 saturated heterocycles. The van der Waals surface area contributed by atoms with Crippen molar-refractivity contribution in [3.05, 3.63) is 40.4 Å². The lowest BCUT2D eigenvalue weighted by Gasteiger charge is -2.09. The number of nitrogens with zero attached hydrogens (tertiary/aromatic N) is 5. The molecule has 3 aromatic rings. The van der Waals surface area contributed by atoms with Crippen molar-refractivity contribution in [1.29, 1.82) is 0 Å². The molecule has 10 heteroatoms. The fourth-order valence-corrected chi connectivity index (χ4v) is 3.40. The monoisotopic (exact) mass is 408 g/mol. The Hall–Kier alpha value is -2.55. The molecule has 0 radical (unpaired) electrons. The number of fused-ring (bicyclic) bond motifs is 1. The van der Waals surface area contributed by atoms with Crippen LogP contribution in [0.25, 0.3) is 11.0 Å². The molecule has 0 aromatic carbocycles. The molecule has 1 fully saturated rings. The normalized spacial score (nSPS) is 14.2. The predicted molar refractivity (Wildman–Crippen MR) is 99.4 cm³/mol. The molecular formula is C18H19ClF2N6O. The number of hydrogen-bond donors (Lipinski definition) is 1. The predicted octanol–water partition coefficient (Wildman–Crippen LogP) is 3.22. The zero-order valence-corrected chi connectivity index (χ0v) is 16.0. The topological polar surface area (TPSA) is 77.6 Å². The van der Waals surface area contributed by atoms with E-state index in [0.29, 0.717) is 40.5 Å². The second-order valence-electron chi connectivity index (χ2n) is 6.92. The largest absolute Gasteiger partial charge is 0.353 e. The molecule has 0 atom stereocenters. The first kappa shape index (κ1) is 18.8. The van der Waals surface area contributed by atoms with Crippen LogP contribution in [0.3, 0.4) is 0 Å². The zero-order chi connectivity index (χ0) is 19.8. The van der Waals surface area contributed by atoms with E-state index in [4.69, 9.17) is 11.6 Å². The highest BCUT2D eigenvalue weighted by atomic mass is 35.5. The third kappa shape index (κ3) is 3.84. The lowest BCUT2D eigenvalue weighted by molar-refractivity contribution is -0.121. The Labute approximate surface area is 164 Å². The van der Waals surface area contributed by atoms with Crippen molar-refractivity contribution in [2.75, 3.05) is 6.54 Å². The van der Waals surface area contributed by atoms with Gasteiger partial charge in [-0.05, 0) is 25.8 Å². The maximum atomic E-state index is 13.6. The summed E-state index contributed by atoms with van der Waals surface area (Å²) in [5, 5.41) is 11.9. The lowest BCUT2D eigenvalue weighted by atomic mass is 10.1. The quantitative estimate of drug-likeness (QED) is 0.651. The fraction of sp³-hybridized carbons (Fsp3) is 0.444. The molecule has 1 amide bonds. The van der Waals surface area contributed by atoms with Crippen LogP contribution < -0.4 is 5.32 Å². The van der Waals surface area contributed by atoms with Crippen molar-refractivity contribution >= 4 is 28.5 Å². The first-order valence-electron chi connectivity index (χ1n) is 9.03. The molecule has 0 spiro atoms. The summed E-state index contributed by atoms with van der Waals surface area (Å²) in [6.45, 7) is 2.39. The van der Waals surface area contributed by atoms with E-state index in [1.54, 1.807) is 17.8 Å². The van der Waals surface area contributed by atoms with Crippen molar-refractivity contribution < 1.29 is 13.6 Å². The van der Waals surface area contributed by atoms with Gasteiger partial charge in [0.25, 0.3) is 6.43 Å². The maximum absolute atomic E-state index is 13.6. The smallest absolute Gasteiger partial charge is 0.264 e. The summed E-state index contributed by atoms with van der Waals surface area (Å²) < 4.78 is 30.2. The van der Waals surface area contributed by atoms with Crippen molar-refractivity contribution in [3.63, 3.8) is 0 Å². The van der Waals surface area contributed by atoms with Crippen molar-refractivity contribution in [3.8, 4) is 0 Å². The van der Waals surface area contributed by atoms with Crippen LogP contribution in [0.1, 0.15) is 42.1 Å². The molecule has 1 aliphatic carbocycles. The molecule has 0 aliphatic heterocycles. The number of pyridine rings is 1. The Kier molecular flexibility index (Phi) is 5.01. The van der Waals surface area contributed by atoms with Gasteiger partial charge in [-0.15, -0.1) is 0 Å². The number of nitrogens with one attached hydrogen (secondary N) is 1. The van der Waals surface area contributed by atoms with Gasteiger partial charge < -0.3 is 5.32 Å². The summed E-state index contributed by atoms with van der Waals surface area (Å²) in [6, 6.07) is 1.49. The number of carbonyl (C=O) groups excluding carboxylic acids is 1. The second kappa shape index (κ2) is 7.46. The molecule has 1 aliphatic rings. The van der Waals surface area contributed by atoms with Gasteiger partial charge in [0, 0.05) is 29.9 Å². The van der Waals surface area contributed by atoms with E-state index in [2.05, 4.69) is 20.5 Å². The Bertz CT molecular complexity index is 1030. The average Bonchev–Trinajstić information content (AvgIpc) is 3.35. The van der Waals surface area contributed by atoms with Gasteiger partial charge in [0.15, 0.2) is 5.65 Å². The zero-order valence-electron chi connectivity index (χ0n) is 15.2. The molecule has 3 aromatic heterocycles. The SMILES string of the molecule is Cc1nn(CC(=O)NCCn2cc(Cl)cn2)c2nc(C3CC3)cc(C(F)F)c12. The molecule has 0 unspecified atom stereocenters. The Morgan fingerprint density at radius 1 is 1.43 bits per heavy atom. The Balaban J connectivity index is 1.52. The number of aromatic nitrogens is 5. The molecule has 28 heavy (non-hydrogen) atoms. The second-order valence-corrected chi connectivity index (χ2v) is 7.36. The van der Waals surface area contributed by atoms with E-state index in [-0.39, 0.29) is 23.9 Å². The van der Waals surface area contributed by atoms with Gasteiger partial charge in [-0.3, -0.25) is 9.48 Å². The molecule has 3 heterocycles. The standard InChI is InChI=1S/C18H19ClF2N6O/c1-10-16-13(17(20)21)6-14(11-2-3-11)24-18(16)27(25-10)9-15(28)22-4-5-26-8-12(19)7-23-26/h6-8,11,17H,2-5,9H2,1H3,(H,22,28). The molecule has 148 valence electrons. The Morgan fingerprint density at radius 2 is 2.21 bits per heavy atom. The van der Waals surface area contributed by atoms with E-state index in [1.807, 2.05) is 0 Å². The van der Waals surface area contributed by atoms with Crippen LogP contribution in [0.15, 0.2) is 18.5 Å². The minimum Gasteiger partial charge on any atom is -0.353 e. The highest BCUT2D eigenvalue weighted by molar-refractivity contribution is 6.30. The maximum Gasteiger partial charge on any atom is 0.264 e. The molecule has 0 bridgehead atoms. The van der Waals surface area contributed by atoms with Gasteiger partial charge in [0.1, 0.15) is 6.54 Å². The third-order valence-corrected chi connectivity index (χ3v) is 4.91. The molecule has 7 nitrogen and oxygen atoms in total. The highest BCUT2D eigenvalue weighted by Crippen LogP contribution is 2.41. The van der Waals surface area contributed by atoms with Crippen molar-refractivity contribution in [1.82, 2.24) is 29.9 Å². The van der Waals surface area contributed by atoms with Crippen LogP contribution in [0.4, 0.5) is 8.78 Å².